The number of rotatable bonds is 2. The molecule has 1 aliphatic heterocycles. The molecule has 0 radical (unpaired) electrons. The highest BCUT2D eigenvalue weighted by Gasteiger charge is 2.20. The summed E-state index contributed by atoms with van der Waals surface area (Å²) in [4.78, 5) is 12.1. The summed E-state index contributed by atoms with van der Waals surface area (Å²) in [5.74, 6) is -0.00388. The summed E-state index contributed by atoms with van der Waals surface area (Å²) in [7, 11) is 0. The van der Waals surface area contributed by atoms with Crippen LogP contribution in [0.2, 0.25) is 4.34 Å². The number of aliphatic hydroxyl groups is 1. The van der Waals surface area contributed by atoms with E-state index < -0.39 is 6.10 Å². The van der Waals surface area contributed by atoms with Gasteiger partial charge in [-0.25, -0.2) is 0 Å². The molecule has 0 fully saturated rings. The summed E-state index contributed by atoms with van der Waals surface area (Å²) in [6, 6.07) is 9.10. The second-order valence-corrected chi connectivity index (χ2v) is 5.93. The second-order valence-electron chi connectivity index (χ2n) is 4.19. The molecule has 0 aliphatic carbocycles. The van der Waals surface area contributed by atoms with Crippen LogP contribution in [-0.4, -0.2) is 11.0 Å². The second kappa shape index (κ2) is 4.39. The number of carbonyl (C=O) groups is 1. The van der Waals surface area contributed by atoms with Gasteiger partial charge in [-0.15, -0.1) is 11.3 Å². The summed E-state index contributed by atoms with van der Waals surface area (Å²) in [5, 5.41) is 13.0. The Bertz CT molecular complexity index is 623. The molecule has 2 heterocycles. The van der Waals surface area contributed by atoms with E-state index in [9.17, 15) is 9.90 Å². The molecule has 0 spiro atoms. The SMILES string of the molecule is O=C1Cc2cc(C(O)c3ccc(Cl)s3)ccc2N1. The van der Waals surface area contributed by atoms with E-state index in [0.717, 1.165) is 21.7 Å². The van der Waals surface area contributed by atoms with Crippen molar-refractivity contribution in [2.24, 2.45) is 0 Å². The maximum atomic E-state index is 11.3. The minimum atomic E-state index is -0.691. The van der Waals surface area contributed by atoms with Gasteiger partial charge in [0.1, 0.15) is 6.10 Å². The molecule has 1 amide bonds. The first-order chi connectivity index (χ1) is 8.63. The highest BCUT2D eigenvalue weighted by atomic mass is 35.5. The molecule has 92 valence electrons. The van der Waals surface area contributed by atoms with Crippen LogP contribution < -0.4 is 5.32 Å². The summed E-state index contributed by atoms with van der Waals surface area (Å²) >= 11 is 7.21. The van der Waals surface area contributed by atoms with E-state index in [1.54, 1.807) is 6.07 Å². The van der Waals surface area contributed by atoms with E-state index in [-0.39, 0.29) is 5.91 Å². The Morgan fingerprint density at radius 2 is 2.17 bits per heavy atom. The quantitative estimate of drug-likeness (QED) is 0.888. The van der Waals surface area contributed by atoms with Gasteiger partial charge in [0.2, 0.25) is 5.91 Å². The zero-order valence-electron chi connectivity index (χ0n) is 9.31. The molecule has 1 unspecified atom stereocenters. The van der Waals surface area contributed by atoms with E-state index in [4.69, 9.17) is 11.6 Å². The fourth-order valence-corrected chi connectivity index (χ4v) is 3.13. The van der Waals surface area contributed by atoms with Crippen molar-refractivity contribution >= 4 is 34.5 Å². The lowest BCUT2D eigenvalue weighted by molar-refractivity contribution is -0.115. The van der Waals surface area contributed by atoms with Gasteiger partial charge < -0.3 is 10.4 Å². The number of hydrogen-bond acceptors (Lipinski definition) is 3. The predicted molar refractivity (Wildman–Crippen MR) is 72.2 cm³/mol. The number of nitrogens with one attached hydrogen (secondary N) is 1. The largest absolute Gasteiger partial charge is 0.383 e. The maximum absolute atomic E-state index is 11.3. The van der Waals surface area contributed by atoms with Gasteiger partial charge in [0, 0.05) is 10.6 Å². The number of thiophene rings is 1. The predicted octanol–water partition coefficient (Wildman–Crippen LogP) is 2.98. The third kappa shape index (κ3) is 2.03. The van der Waals surface area contributed by atoms with E-state index in [1.165, 1.54) is 11.3 Å². The molecule has 0 saturated heterocycles. The van der Waals surface area contributed by atoms with Crippen molar-refractivity contribution in [1.29, 1.82) is 0 Å². The average Bonchev–Trinajstić information content (AvgIpc) is 2.92. The molecule has 0 saturated carbocycles. The fourth-order valence-electron chi connectivity index (χ4n) is 2.06. The Kier molecular flexibility index (Phi) is 2.86. The Labute approximate surface area is 113 Å². The maximum Gasteiger partial charge on any atom is 0.228 e. The van der Waals surface area contributed by atoms with Crippen LogP contribution in [0.1, 0.15) is 22.1 Å². The minimum Gasteiger partial charge on any atom is -0.383 e. The first-order valence-corrected chi connectivity index (χ1v) is 6.69. The number of hydrogen-bond donors (Lipinski definition) is 2. The van der Waals surface area contributed by atoms with E-state index >= 15 is 0 Å². The number of halogens is 1. The van der Waals surface area contributed by atoms with Gasteiger partial charge in [0.25, 0.3) is 0 Å². The highest BCUT2D eigenvalue weighted by Crippen LogP contribution is 2.33. The number of benzene rings is 1. The zero-order valence-corrected chi connectivity index (χ0v) is 10.9. The zero-order chi connectivity index (χ0) is 12.7. The number of fused-ring (bicyclic) bond motifs is 1. The normalized spacial score (nSPS) is 15.3. The van der Waals surface area contributed by atoms with Gasteiger partial charge >= 0.3 is 0 Å². The standard InChI is InChI=1S/C13H10ClNO2S/c14-11-4-3-10(18-11)13(17)7-1-2-9-8(5-7)6-12(16)15-9/h1-5,13,17H,6H2,(H,15,16). The molecule has 1 aromatic heterocycles. The molecule has 0 bridgehead atoms. The van der Waals surface area contributed by atoms with Gasteiger partial charge in [-0.3, -0.25) is 4.79 Å². The van der Waals surface area contributed by atoms with Gasteiger partial charge in [0.15, 0.2) is 0 Å². The summed E-state index contributed by atoms with van der Waals surface area (Å²) in [6.45, 7) is 0. The number of aliphatic hydroxyl groups excluding tert-OH is 1. The van der Waals surface area contributed by atoms with Crippen molar-refractivity contribution in [3.63, 3.8) is 0 Å². The van der Waals surface area contributed by atoms with Crippen molar-refractivity contribution in [2.75, 3.05) is 5.32 Å². The van der Waals surface area contributed by atoms with E-state index in [2.05, 4.69) is 5.32 Å². The van der Waals surface area contributed by atoms with Crippen LogP contribution in [0.4, 0.5) is 5.69 Å². The molecule has 2 aromatic rings. The molecule has 2 N–H and O–H groups in total. The average molecular weight is 280 g/mol. The van der Waals surface area contributed by atoms with Gasteiger partial charge in [-0.05, 0) is 29.3 Å². The molecular weight excluding hydrogens is 270 g/mol. The fraction of sp³-hybridized carbons (Fsp3) is 0.154. The first kappa shape index (κ1) is 11.7. The number of amides is 1. The summed E-state index contributed by atoms with van der Waals surface area (Å²) in [5.41, 5.74) is 2.54. The Morgan fingerprint density at radius 3 is 2.89 bits per heavy atom. The van der Waals surface area contributed by atoms with Gasteiger partial charge in [0.05, 0.1) is 10.8 Å². The Hall–Kier alpha value is -1.36. The van der Waals surface area contributed by atoms with Crippen molar-refractivity contribution in [2.45, 2.75) is 12.5 Å². The molecule has 3 rings (SSSR count). The van der Waals surface area contributed by atoms with Crippen LogP contribution in [0.5, 0.6) is 0 Å². The van der Waals surface area contributed by atoms with Gasteiger partial charge in [-0.2, -0.15) is 0 Å². The molecular formula is C13H10ClNO2S. The monoisotopic (exact) mass is 279 g/mol. The summed E-state index contributed by atoms with van der Waals surface area (Å²) < 4.78 is 0.655. The van der Waals surface area contributed by atoms with E-state index in [0.29, 0.717) is 10.8 Å². The van der Waals surface area contributed by atoms with Gasteiger partial charge in [-0.1, -0.05) is 23.7 Å². The molecule has 18 heavy (non-hydrogen) atoms. The van der Waals surface area contributed by atoms with Crippen LogP contribution in [0.25, 0.3) is 0 Å². The summed E-state index contributed by atoms with van der Waals surface area (Å²) in [6.07, 6.45) is -0.315. The molecule has 1 aromatic carbocycles. The van der Waals surface area contributed by atoms with Crippen LogP contribution in [0, 0.1) is 0 Å². The lowest BCUT2D eigenvalue weighted by atomic mass is 10.0. The molecule has 3 nitrogen and oxygen atoms in total. The third-order valence-corrected chi connectivity index (χ3v) is 4.22. The topological polar surface area (TPSA) is 49.3 Å². The van der Waals surface area contributed by atoms with Crippen LogP contribution >= 0.6 is 22.9 Å². The van der Waals surface area contributed by atoms with Crippen molar-refractivity contribution in [1.82, 2.24) is 0 Å². The smallest absolute Gasteiger partial charge is 0.228 e. The molecule has 5 heteroatoms. The molecule has 1 atom stereocenters. The molecule has 1 aliphatic rings. The Morgan fingerprint density at radius 1 is 1.33 bits per heavy atom. The van der Waals surface area contributed by atoms with Crippen LogP contribution in [0.15, 0.2) is 30.3 Å². The van der Waals surface area contributed by atoms with Crippen molar-refractivity contribution in [3.8, 4) is 0 Å². The number of carbonyl (C=O) groups excluding carboxylic acids is 1. The van der Waals surface area contributed by atoms with Crippen LogP contribution in [0.3, 0.4) is 0 Å². The minimum absolute atomic E-state index is 0.00388. The Balaban J connectivity index is 1.94. The lowest BCUT2D eigenvalue weighted by Gasteiger charge is -2.10. The number of anilines is 1. The lowest BCUT2D eigenvalue weighted by Crippen LogP contribution is -2.03. The van der Waals surface area contributed by atoms with E-state index in [1.807, 2.05) is 24.3 Å². The third-order valence-electron chi connectivity index (χ3n) is 2.93. The first-order valence-electron chi connectivity index (χ1n) is 5.49. The highest BCUT2D eigenvalue weighted by molar-refractivity contribution is 7.16. The van der Waals surface area contributed by atoms with Crippen molar-refractivity contribution in [3.05, 3.63) is 50.7 Å². The van der Waals surface area contributed by atoms with Crippen molar-refractivity contribution < 1.29 is 9.90 Å². The van der Waals surface area contributed by atoms with Crippen LogP contribution in [-0.2, 0) is 11.2 Å².